The van der Waals surface area contributed by atoms with Gasteiger partial charge in [0.25, 0.3) is 0 Å². The van der Waals surface area contributed by atoms with Crippen LogP contribution < -0.4 is 10.5 Å². The molecule has 0 aliphatic rings. The van der Waals surface area contributed by atoms with Gasteiger partial charge in [0.1, 0.15) is 11.5 Å². The maximum Gasteiger partial charge on any atom is 0.127 e. The van der Waals surface area contributed by atoms with Crippen molar-refractivity contribution in [3.8, 4) is 11.5 Å². The van der Waals surface area contributed by atoms with E-state index < -0.39 is 0 Å². The highest BCUT2D eigenvalue weighted by Gasteiger charge is 2.02. The topological polar surface area (TPSA) is 35.2 Å². The van der Waals surface area contributed by atoms with E-state index in [4.69, 9.17) is 10.5 Å². The van der Waals surface area contributed by atoms with Crippen LogP contribution in [0.25, 0.3) is 0 Å². The summed E-state index contributed by atoms with van der Waals surface area (Å²) in [6.45, 7) is 4.31. The average molecular weight is 283 g/mol. The average Bonchev–Trinajstić information content (AvgIpc) is 2.51. The zero-order valence-electron chi connectivity index (χ0n) is 13.0. The molecule has 1 unspecified atom stereocenters. The summed E-state index contributed by atoms with van der Waals surface area (Å²) in [5.41, 5.74) is 8.59. The lowest BCUT2D eigenvalue weighted by Gasteiger charge is -2.10. The molecule has 0 heterocycles. The monoisotopic (exact) mass is 283 g/mol. The molecule has 1 atom stereocenters. The van der Waals surface area contributed by atoms with E-state index in [0.29, 0.717) is 0 Å². The summed E-state index contributed by atoms with van der Waals surface area (Å²) in [6.07, 6.45) is 4.21. The van der Waals surface area contributed by atoms with Gasteiger partial charge in [-0.25, -0.2) is 0 Å². The van der Waals surface area contributed by atoms with Gasteiger partial charge in [0, 0.05) is 6.04 Å². The van der Waals surface area contributed by atoms with Crippen LogP contribution in [0.4, 0.5) is 0 Å². The first-order chi connectivity index (χ1) is 10.2. The molecular weight excluding hydrogens is 258 g/mol. The molecule has 0 radical (unpaired) electrons. The number of rotatable bonds is 7. The highest BCUT2D eigenvalue weighted by molar-refractivity contribution is 5.34. The number of ether oxygens (including phenoxy) is 1. The summed E-state index contributed by atoms with van der Waals surface area (Å²) < 4.78 is 5.87. The van der Waals surface area contributed by atoms with Crippen molar-refractivity contribution in [2.45, 2.75) is 45.6 Å². The van der Waals surface area contributed by atoms with Gasteiger partial charge in [0.05, 0.1) is 0 Å². The van der Waals surface area contributed by atoms with E-state index in [2.05, 4.69) is 38.1 Å². The van der Waals surface area contributed by atoms with Crippen LogP contribution in [-0.2, 0) is 12.8 Å². The molecule has 0 bridgehead atoms. The van der Waals surface area contributed by atoms with Crippen molar-refractivity contribution in [2.24, 2.45) is 5.73 Å². The molecule has 0 aromatic heterocycles. The SMILES string of the molecule is CCCc1ccc(Oc2ccc(CC(N)CC)cc2)cc1. The minimum atomic E-state index is 0.239. The van der Waals surface area contributed by atoms with Crippen LogP contribution in [-0.4, -0.2) is 6.04 Å². The van der Waals surface area contributed by atoms with Crippen LogP contribution in [0.5, 0.6) is 11.5 Å². The molecule has 2 rings (SSSR count). The van der Waals surface area contributed by atoms with Crippen molar-refractivity contribution < 1.29 is 4.74 Å². The van der Waals surface area contributed by atoms with Gasteiger partial charge in [-0.05, 0) is 54.7 Å². The Bertz CT molecular complexity index is 530. The lowest BCUT2D eigenvalue weighted by molar-refractivity contribution is 0.482. The second-order valence-electron chi connectivity index (χ2n) is 5.51. The van der Waals surface area contributed by atoms with Gasteiger partial charge in [0.15, 0.2) is 0 Å². The van der Waals surface area contributed by atoms with Gasteiger partial charge in [-0.2, -0.15) is 0 Å². The zero-order valence-corrected chi connectivity index (χ0v) is 13.0. The van der Waals surface area contributed by atoms with E-state index >= 15 is 0 Å². The quantitative estimate of drug-likeness (QED) is 0.798. The molecule has 0 aliphatic heterocycles. The normalized spacial score (nSPS) is 12.1. The van der Waals surface area contributed by atoms with Crippen molar-refractivity contribution in [3.63, 3.8) is 0 Å². The van der Waals surface area contributed by atoms with Crippen molar-refractivity contribution in [1.29, 1.82) is 0 Å². The maximum atomic E-state index is 5.97. The predicted molar refractivity (Wildman–Crippen MR) is 88.9 cm³/mol. The fraction of sp³-hybridized carbons (Fsp3) is 0.368. The van der Waals surface area contributed by atoms with Crippen LogP contribution in [0.3, 0.4) is 0 Å². The molecule has 2 aromatic carbocycles. The summed E-state index contributed by atoms with van der Waals surface area (Å²) in [7, 11) is 0. The first-order valence-corrected chi connectivity index (χ1v) is 7.82. The molecule has 0 spiro atoms. The minimum absolute atomic E-state index is 0.239. The molecule has 0 saturated carbocycles. The molecule has 112 valence electrons. The summed E-state index contributed by atoms with van der Waals surface area (Å²) in [6, 6.07) is 16.8. The van der Waals surface area contributed by atoms with Gasteiger partial charge in [-0.1, -0.05) is 44.5 Å². The molecule has 2 nitrogen and oxygen atoms in total. The molecule has 2 N–H and O–H groups in total. The van der Waals surface area contributed by atoms with Crippen molar-refractivity contribution in [2.75, 3.05) is 0 Å². The minimum Gasteiger partial charge on any atom is -0.457 e. The Balaban J connectivity index is 1.96. The van der Waals surface area contributed by atoms with Crippen molar-refractivity contribution in [3.05, 3.63) is 59.7 Å². The predicted octanol–water partition coefficient (Wildman–Crippen LogP) is 4.71. The molecule has 2 heteroatoms. The van der Waals surface area contributed by atoms with Gasteiger partial charge in [-0.3, -0.25) is 0 Å². The van der Waals surface area contributed by atoms with Gasteiger partial charge in [0.2, 0.25) is 0 Å². The smallest absolute Gasteiger partial charge is 0.127 e. The zero-order chi connectivity index (χ0) is 15.1. The number of nitrogens with two attached hydrogens (primary N) is 1. The lowest BCUT2D eigenvalue weighted by Crippen LogP contribution is -2.21. The van der Waals surface area contributed by atoms with Crippen LogP contribution in [0.2, 0.25) is 0 Å². The van der Waals surface area contributed by atoms with Crippen LogP contribution in [0.1, 0.15) is 37.8 Å². The van der Waals surface area contributed by atoms with E-state index in [1.165, 1.54) is 17.5 Å². The maximum absolute atomic E-state index is 5.97. The van der Waals surface area contributed by atoms with Gasteiger partial charge < -0.3 is 10.5 Å². The van der Waals surface area contributed by atoms with E-state index in [0.717, 1.165) is 30.8 Å². The third-order valence-electron chi connectivity index (χ3n) is 3.64. The van der Waals surface area contributed by atoms with Crippen LogP contribution in [0, 0.1) is 0 Å². The summed E-state index contributed by atoms with van der Waals surface area (Å²) in [5.74, 6) is 1.75. The largest absolute Gasteiger partial charge is 0.457 e. The van der Waals surface area contributed by atoms with Gasteiger partial charge >= 0.3 is 0 Å². The van der Waals surface area contributed by atoms with Crippen LogP contribution >= 0.6 is 0 Å². The second-order valence-corrected chi connectivity index (χ2v) is 5.51. The molecule has 0 amide bonds. The molecule has 2 aromatic rings. The number of benzene rings is 2. The van der Waals surface area contributed by atoms with E-state index in [9.17, 15) is 0 Å². The van der Waals surface area contributed by atoms with Gasteiger partial charge in [-0.15, -0.1) is 0 Å². The van der Waals surface area contributed by atoms with E-state index in [-0.39, 0.29) is 6.04 Å². The third-order valence-corrected chi connectivity index (χ3v) is 3.64. The fourth-order valence-corrected chi connectivity index (χ4v) is 2.29. The first kappa shape index (κ1) is 15.6. The van der Waals surface area contributed by atoms with E-state index in [1.807, 2.05) is 24.3 Å². The highest BCUT2D eigenvalue weighted by atomic mass is 16.5. The Morgan fingerprint density at radius 3 is 1.86 bits per heavy atom. The number of aryl methyl sites for hydroxylation is 1. The number of hydrogen-bond acceptors (Lipinski definition) is 2. The summed E-state index contributed by atoms with van der Waals surface area (Å²) in [5, 5.41) is 0. The first-order valence-electron chi connectivity index (χ1n) is 7.82. The lowest BCUT2D eigenvalue weighted by atomic mass is 10.0. The highest BCUT2D eigenvalue weighted by Crippen LogP contribution is 2.22. The molecule has 0 fully saturated rings. The molecule has 0 saturated heterocycles. The summed E-state index contributed by atoms with van der Waals surface area (Å²) in [4.78, 5) is 0. The Hall–Kier alpha value is -1.80. The second kappa shape index (κ2) is 7.84. The molecular formula is C19H25NO. The standard InChI is InChI=1S/C19H25NO/c1-3-5-15-6-10-18(11-7-15)21-19-12-8-16(9-13-19)14-17(20)4-2/h6-13,17H,3-5,14,20H2,1-2H3. The Morgan fingerprint density at radius 1 is 0.857 bits per heavy atom. The van der Waals surface area contributed by atoms with Crippen LogP contribution in [0.15, 0.2) is 48.5 Å². The Labute approximate surface area is 127 Å². The van der Waals surface area contributed by atoms with Crippen molar-refractivity contribution in [1.82, 2.24) is 0 Å². The fourth-order valence-electron chi connectivity index (χ4n) is 2.29. The molecule has 0 aliphatic carbocycles. The third kappa shape index (κ3) is 4.91. The number of hydrogen-bond donors (Lipinski definition) is 1. The Morgan fingerprint density at radius 2 is 1.38 bits per heavy atom. The Kier molecular flexibility index (Phi) is 5.82. The molecule has 21 heavy (non-hydrogen) atoms. The van der Waals surface area contributed by atoms with Crippen molar-refractivity contribution >= 4 is 0 Å². The van der Waals surface area contributed by atoms with E-state index in [1.54, 1.807) is 0 Å². The summed E-state index contributed by atoms with van der Waals surface area (Å²) >= 11 is 0.